The molecule has 0 spiro atoms. The Morgan fingerprint density at radius 2 is 1.35 bits per heavy atom. The van der Waals surface area contributed by atoms with Crippen LogP contribution >= 0.6 is 0 Å². The smallest absolute Gasteiger partial charge is 0.0771 e. The van der Waals surface area contributed by atoms with Gasteiger partial charge >= 0.3 is 63.8 Å². The van der Waals surface area contributed by atoms with Gasteiger partial charge in [0.2, 0.25) is 0 Å². The van der Waals surface area contributed by atoms with Gasteiger partial charge in [-0.25, -0.2) is 12.2 Å². The van der Waals surface area contributed by atoms with Crippen molar-refractivity contribution in [1.82, 2.24) is 0 Å². The van der Waals surface area contributed by atoms with Crippen LogP contribution in [0.3, 0.4) is 0 Å². The number of hydrogen-bond donors (Lipinski definition) is 0. The third kappa shape index (κ3) is 5.13. The Bertz CT molecular complexity index is 959. The van der Waals surface area contributed by atoms with Gasteiger partial charge in [0.25, 0.3) is 0 Å². The molecule has 0 bridgehead atoms. The van der Waals surface area contributed by atoms with Gasteiger partial charge in [0.1, 0.15) is 0 Å². The molecule has 4 aromatic carbocycles. The van der Waals surface area contributed by atoms with E-state index in [0.717, 1.165) is 6.42 Å². The Balaban J connectivity index is 0.000000129. The molecule has 0 N–H and O–H groups in total. The molecule has 0 aromatic heterocycles. The van der Waals surface area contributed by atoms with Crippen molar-refractivity contribution in [2.45, 2.75) is 6.42 Å². The van der Waals surface area contributed by atoms with Gasteiger partial charge in [-0.2, -0.15) is 6.08 Å². The molecule has 0 heterocycles. The predicted molar refractivity (Wildman–Crippen MR) is 110 cm³/mol. The van der Waals surface area contributed by atoms with Crippen molar-refractivity contribution >= 4 is 25.3 Å². The first-order valence-electron chi connectivity index (χ1n) is 8.69. The van der Waals surface area contributed by atoms with E-state index < -0.39 is 0 Å². The molecule has 1 aliphatic rings. The number of allylic oxidation sites excluding steroid dienone is 4. The zero-order valence-electron chi connectivity index (χ0n) is 14.6. The standard InChI is InChI=1S/C13H9.C7H6.C5H5.Zr/c1-3-7-12-10(5-1)9-11-6-2-4-8-13(11)12;1-7-5-3-2-4-6-7;1-2-4-5-3-1;/h1-9H;1-6H;1-3H,4H2;/q-1;;-1;+2. The van der Waals surface area contributed by atoms with Crippen LogP contribution in [0.2, 0.25) is 0 Å². The van der Waals surface area contributed by atoms with E-state index in [1.165, 1.54) is 51.3 Å². The van der Waals surface area contributed by atoms with Gasteiger partial charge in [-0.3, -0.25) is 6.08 Å². The number of rotatable bonds is 1. The largest absolute Gasteiger partial charge is 0.126 e. The molecule has 0 saturated heterocycles. The number of fused-ring (bicyclic) bond motifs is 3. The molecule has 26 heavy (non-hydrogen) atoms. The topological polar surface area (TPSA) is 0 Å². The molecule has 1 aliphatic carbocycles. The molecule has 0 atom stereocenters. The average Bonchev–Trinajstić information content (AvgIpc) is 3.40. The fourth-order valence-electron chi connectivity index (χ4n) is 2.79. The maximum Gasteiger partial charge on any atom is -0.0771 e. The fourth-order valence-corrected chi connectivity index (χ4v) is 3.27. The van der Waals surface area contributed by atoms with Crippen molar-refractivity contribution in [3.8, 4) is 0 Å². The van der Waals surface area contributed by atoms with Crippen molar-refractivity contribution in [2.75, 3.05) is 0 Å². The molecule has 124 valence electrons. The second-order valence-corrected chi connectivity index (χ2v) is 6.59. The van der Waals surface area contributed by atoms with Crippen molar-refractivity contribution in [3.05, 3.63) is 115 Å². The van der Waals surface area contributed by atoms with Gasteiger partial charge in [0.05, 0.1) is 0 Å². The summed E-state index contributed by atoms with van der Waals surface area (Å²) in [5.41, 5.74) is 1.32. The Labute approximate surface area is 170 Å². The van der Waals surface area contributed by atoms with Crippen LogP contribution in [0, 0.1) is 6.08 Å². The Morgan fingerprint density at radius 3 is 1.77 bits per heavy atom. The quantitative estimate of drug-likeness (QED) is 0.318. The molecule has 0 nitrogen and oxygen atoms in total. The molecule has 0 unspecified atom stereocenters. The van der Waals surface area contributed by atoms with Crippen LogP contribution in [0.4, 0.5) is 0 Å². The zero-order chi connectivity index (χ0) is 18.0. The Kier molecular flexibility index (Phi) is 7.17. The maximum atomic E-state index is 2.99. The van der Waals surface area contributed by atoms with Gasteiger partial charge in [-0.1, -0.05) is 36.4 Å². The van der Waals surface area contributed by atoms with E-state index in [2.05, 4.69) is 94.7 Å². The van der Waals surface area contributed by atoms with Crippen LogP contribution in [-0.4, -0.2) is 3.71 Å². The molecule has 0 radical (unpaired) electrons. The van der Waals surface area contributed by atoms with Crippen molar-refractivity contribution in [3.63, 3.8) is 0 Å². The maximum absolute atomic E-state index is 2.99. The van der Waals surface area contributed by atoms with E-state index in [1.807, 2.05) is 18.2 Å². The summed E-state index contributed by atoms with van der Waals surface area (Å²) >= 11 is 1.46. The second-order valence-electron chi connectivity index (χ2n) is 5.88. The first-order valence-corrected chi connectivity index (χ1v) is 10.1. The van der Waals surface area contributed by atoms with Crippen molar-refractivity contribution in [1.29, 1.82) is 0 Å². The van der Waals surface area contributed by atoms with E-state index in [9.17, 15) is 0 Å². The van der Waals surface area contributed by atoms with E-state index in [0.29, 0.717) is 0 Å². The normalized spacial score (nSPS) is 11.6. The molecule has 0 aliphatic heterocycles. The van der Waals surface area contributed by atoms with Gasteiger partial charge in [-0.05, 0) is 0 Å². The van der Waals surface area contributed by atoms with E-state index >= 15 is 0 Å². The molecule has 0 amide bonds. The van der Waals surface area contributed by atoms with E-state index in [-0.39, 0.29) is 0 Å². The SMILES string of the molecule is [C-]1=CC=CC1.[Zr+2]=[CH]c1ccccc1.c1ccc2c(c1)[cH-]c1ccccc12. The molecular weight excluding hydrogens is 391 g/mol. The summed E-state index contributed by atoms with van der Waals surface area (Å²) in [6.07, 6.45) is 10.0. The summed E-state index contributed by atoms with van der Waals surface area (Å²) in [5, 5.41) is 5.39. The zero-order valence-corrected chi connectivity index (χ0v) is 17.1. The summed E-state index contributed by atoms with van der Waals surface area (Å²) in [6.45, 7) is 0. The number of benzene rings is 3. The average molecular weight is 412 g/mol. The minimum Gasteiger partial charge on any atom is -0.126 e. The second kappa shape index (κ2) is 10.0. The first kappa shape index (κ1) is 18.6. The molecule has 5 rings (SSSR count). The molecule has 0 fully saturated rings. The van der Waals surface area contributed by atoms with Crippen LogP contribution in [0.25, 0.3) is 21.5 Å². The minimum atomic E-state index is 1.01. The monoisotopic (exact) mass is 410 g/mol. The van der Waals surface area contributed by atoms with Crippen LogP contribution in [-0.2, 0) is 24.2 Å². The van der Waals surface area contributed by atoms with Gasteiger partial charge in [0.15, 0.2) is 0 Å². The van der Waals surface area contributed by atoms with Crippen LogP contribution in [0.1, 0.15) is 12.0 Å². The predicted octanol–water partition coefficient (Wildman–Crippen LogP) is 6.40. The van der Waals surface area contributed by atoms with Crippen LogP contribution < -0.4 is 0 Å². The van der Waals surface area contributed by atoms with Crippen LogP contribution in [0.15, 0.2) is 103 Å². The summed E-state index contributed by atoms with van der Waals surface area (Å²) in [7, 11) is 0. The van der Waals surface area contributed by atoms with Crippen molar-refractivity contribution in [2.24, 2.45) is 0 Å². The first-order chi connectivity index (χ1) is 12.9. The minimum absolute atomic E-state index is 1.01. The Hall–Kier alpha value is -2.24. The van der Waals surface area contributed by atoms with Gasteiger partial charge in [-0.15, -0.1) is 46.2 Å². The fraction of sp³-hybridized carbons (Fsp3) is 0.0400. The molecular formula is C25H20Zr. The van der Waals surface area contributed by atoms with Crippen LogP contribution in [0.5, 0.6) is 0 Å². The third-order valence-electron chi connectivity index (χ3n) is 4.07. The summed E-state index contributed by atoms with van der Waals surface area (Å²) in [5.74, 6) is 0. The summed E-state index contributed by atoms with van der Waals surface area (Å²) in [6, 6.07) is 29.6. The number of hydrogen-bond acceptors (Lipinski definition) is 0. The van der Waals surface area contributed by atoms with E-state index in [4.69, 9.17) is 0 Å². The van der Waals surface area contributed by atoms with Gasteiger partial charge < -0.3 is 0 Å². The molecule has 1 heteroatoms. The molecule has 0 saturated carbocycles. The Morgan fingerprint density at radius 1 is 0.769 bits per heavy atom. The summed E-state index contributed by atoms with van der Waals surface area (Å²) < 4.78 is 2.17. The van der Waals surface area contributed by atoms with Crippen molar-refractivity contribution < 1.29 is 24.2 Å². The van der Waals surface area contributed by atoms with E-state index in [1.54, 1.807) is 0 Å². The summed E-state index contributed by atoms with van der Waals surface area (Å²) in [4.78, 5) is 0. The molecule has 4 aromatic rings. The van der Waals surface area contributed by atoms with Gasteiger partial charge in [0, 0.05) is 0 Å². The third-order valence-corrected chi connectivity index (χ3v) is 4.89.